The highest BCUT2D eigenvalue weighted by atomic mass is 32.1. The molecule has 0 unspecified atom stereocenters. The number of carboxylic acids is 1. The highest BCUT2D eigenvalue weighted by Crippen LogP contribution is 2.19. The summed E-state index contributed by atoms with van der Waals surface area (Å²) in [7, 11) is 0. The molecule has 2 heterocycles. The second-order valence-corrected chi connectivity index (χ2v) is 4.16. The van der Waals surface area contributed by atoms with Gasteiger partial charge < -0.3 is 5.11 Å². The van der Waals surface area contributed by atoms with Gasteiger partial charge in [-0.2, -0.15) is 0 Å². The summed E-state index contributed by atoms with van der Waals surface area (Å²) < 4.78 is 0. The molecular weight excluding hydrogens is 226 g/mol. The molecule has 0 aliphatic rings. The summed E-state index contributed by atoms with van der Waals surface area (Å²) >= 11 is 1.35. The maximum atomic E-state index is 10.5. The summed E-state index contributed by atoms with van der Waals surface area (Å²) in [5, 5.41) is 11.0. The Bertz CT molecular complexity index is 507. The number of aromatic nitrogens is 3. The van der Waals surface area contributed by atoms with Gasteiger partial charge in [-0.1, -0.05) is 0 Å². The molecule has 82 valence electrons. The van der Waals surface area contributed by atoms with Crippen molar-refractivity contribution in [1.29, 1.82) is 0 Å². The van der Waals surface area contributed by atoms with Gasteiger partial charge in [-0.05, 0) is 12.5 Å². The van der Waals surface area contributed by atoms with Crippen molar-refractivity contribution in [3.63, 3.8) is 0 Å². The normalized spacial score (nSPS) is 10.3. The quantitative estimate of drug-likeness (QED) is 0.873. The van der Waals surface area contributed by atoms with Crippen LogP contribution in [0.2, 0.25) is 0 Å². The van der Waals surface area contributed by atoms with Gasteiger partial charge in [0.1, 0.15) is 0 Å². The van der Waals surface area contributed by atoms with Gasteiger partial charge in [-0.15, -0.1) is 11.3 Å². The SMILES string of the molecule is Cc1cnc(-c2nc(CC(=O)O)cs2)nc1. The smallest absolute Gasteiger partial charge is 0.309 e. The maximum absolute atomic E-state index is 10.5. The number of aliphatic carboxylic acids is 1. The third kappa shape index (κ3) is 2.40. The highest BCUT2D eigenvalue weighted by molar-refractivity contribution is 7.13. The first-order valence-electron chi connectivity index (χ1n) is 4.60. The van der Waals surface area contributed by atoms with E-state index in [4.69, 9.17) is 5.11 Å². The van der Waals surface area contributed by atoms with Gasteiger partial charge in [0.2, 0.25) is 0 Å². The van der Waals surface area contributed by atoms with Crippen LogP contribution < -0.4 is 0 Å². The van der Waals surface area contributed by atoms with Gasteiger partial charge in [0.25, 0.3) is 0 Å². The number of thiazole rings is 1. The van der Waals surface area contributed by atoms with E-state index >= 15 is 0 Å². The molecule has 0 saturated heterocycles. The monoisotopic (exact) mass is 235 g/mol. The Kier molecular flexibility index (Phi) is 2.91. The van der Waals surface area contributed by atoms with E-state index in [-0.39, 0.29) is 6.42 Å². The molecule has 0 aromatic carbocycles. The molecule has 0 spiro atoms. The Morgan fingerprint density at radius 2 is 2.12 bits per heavy atom. The van der Waals surface area contributed by atoms with Crippen molar-refractivity contribution in [3.8, 4) is 10.8 Å². The summed E-state index contributed by atoms with van der Waals surface area (Å²) in [4.78, 5) is 22.9. The van der Waals surface area contributed by atoms with Gasteiger partial charge in [0, 0.05) is 17.8 Å². The molecule has 0 fully saturated rings. The molecule has 2 aromatic rings. The van der Waals surface area contributed by atoms with Crippen LogP contribution in [0.25, 0.3) is 10.8 Å². The Hall–Kier alpha value is -1.82. The lowest BCUT2D eigenvalue weighted by Gasteiger charge is -1.94. The van der Waals surface area contributed by atoms with Crippen molar-refractivity contribution >= 4 is 17.3 Å². The fourth-order valence-corrected chi connectivity index (χ4v) is 1.91. The fraction of sp³-hybridized carbons (Fsp3) is 0.200. The minimum atomic E-state index is -0.887. The van der Waals surface area contributed by atoms with Crippen molar-refractivity contribution in [2.75, 3.05) is 0 Å². The number of hydrogen-bond acceptors (Lipinski definition) is 5. The molecule has 0 amide bonds. The Balaban J connectivity index is 2.24. The molecule has 2 aromatic heterocycles. The van der Waals surface area contributed by atoms with Crippen molar-refractivity contribution in [2.24, 2.45) is 0 Å². The molecule has 0 radical (unpaired) electrons. The predicted molar refractivity (Wildman–Crippen MR) is 59.2 cm³/mol. The maximum Gasteiger partial charge on any atom is 0.309 e. The number of hydrogen-bond donors (Lipinski definition) is 1. The van der Waals surface area contributed by atoms with Crippen LogP contribution in [0.3, 0.4) is 0 Å². The molecule has 0 aliphatic carbocycles. The average Bonchev–Trinajstić information content (AvgIpc) is 2.66. The number of aryl methyl sites for hydroxylation is 1. The number of carbonyl (C=O) groups is 1. The first-order valence-corrected chi connectivity index (χ1v) is 5.48. The van der Waals surface area contributed by atoms with Crippen LogP contribution in [0.4, 0.5) is 0 Å². The molecule has 6 heteroatoms. The predicted octanol–water partition coefficient (Wildman–Crippen LogP) is 1.54. The van der Waals surface area contributed by atoms with Crippen LogP contribution in [0.1, 0.15) is 11.3 Å². The van der Waals surface area contributed by atoms with E-state index in [1.807, 2.05) is 6.92 Å². The van der Waals surface area contributed by atoms with Gasteiger partial charge in [-0.25, -0.2) is 15.0 Å². The zero-order chi connectivity index (χ0) is 11.5. The van der Waals surface area contributed by atoms with Crippen LogP contribution >= 0.6 is 11.3 Å². The molecule has 16 heavy (non-hydrogen) atoms. The molecule has 0 bridgehead atoms. The fourth-order valence-electron chi connectivity index (χ4n) is 1.15. The summed E-state index contributed by atoms with van der Waals surface area (Å²) in [5.41, 5.74) is 1.52. The van der Waals surface area contributed by atoms with E-state index in [9.17, 15) is 4.79 Å². The lowest BCUT2D eigenvalue weighted by atomic mass is 10.3. The average molecular weight is 235 g/mol. The van der Waals surface area contributed by atoms with E-state index < -0.39 is 5.97 Å². The third-order valence-corrected chi connectivity index (χ3v) is 2.74. The van der Waals surface area contributed by atoms with E-state index in [2.05, 4.69) is 15.0 Å². The lowest BCUT2D eigenvalue weighted by Crippen LogP contribution is -2.00. The zero-order valence-electron chi connectivity index (χ0n) is 8.54. The van der Waals surface area contributed by atoms with Crippen molar-refractivity contribution < 1.29 is 9.90 Å². The Morgan fingerprint density at radius 3 is 2.75 bits per heavy atom. The van der Waals surface area contributed by atoms with Gasteiger partial charge in [-0.3, -0.25) is 4.79 Å². The van der Waals surface area contributed by atoms with E-state index in [0.29, 0.717) is 16.5 Å². The zero-order valence-corrected chi connectivity index (χ0v) is 9.36. The highest BCUT2D eigenvalue weighted by Gasteiger charge is 2.09. The summed E-state index contributed by atoms with van der Waals surface area (Å²) in [6.07, 6.45) is 3.35. The van der Waals surface area contributed by atoms with Gasteiger partial charge in [0.15, 0.2) is 10.8 Å². The van der Waals surface area contributed by atoms with Crippen LogP contribution in [-0.4, -0.2) is 26.0 Å². The number of rotatable bonds is 3. The Labute approximate surface area is 95.8 Å². The topological polar surface area (TPSA) is 76.0 Å². The number of nitrogens with zero attached hydrogens (tertiary/aromatic N) is 3. The number of carboxylic acid groups (broad SMARTS) is 1. The van der Waals surface area contributed by atoms with E-state index in [1.54, 1.807) is 17.8 Å². The third-order valence-electron chi connectivity index (χ3n) is 1.86. The minimum absolute atomic E-state index is 0.0671. The lowest BCUT2D eigenvalue weighted by molar-refractivity contribution is -0.136. The molecule has 1 N–H and O–H groups in total. The first-order chi connectivity index (χ1) is 7.65. The molecule has 2 rings (SSSR count). The largest absolute Gasteiger partial charge is 0.481 e. The van der Waals surface area contributed by atoms with Crippen LogP contribution in [0.15, 0.2) is 17.8 Å². The van der Waals surface area contributed by atoms with Crippen molar-refractivity contribution in [1.82, 2.24) is 15.0 Å². The summed E-state index contributed by atoms with van der Waals surface area (Å²) in [6.45, 7) is 1.90. The molecule has 0 saturated carbocycles. The minimum Gasteiger partial charge on any atom is -0.481 e. The van der Waals surface area contributed by atoms with Crippen molar-refractivity contribution in [3.05, 3.63) is 29.0 Å². The molecule has 5 nitrogen and oxygen atoms in total. The summed E-state index contributed by atoms with van der Waals surface area (Å²) in [6, 6.07) is 0. The standard InChI is InChI=1S/C10H9N3O2S/c1-6-3-11-9(12-4-6)10-13-7(5-16-10)2-8(14)15/h3-5H,2H2,1H3,(H,14,15). The molecule has 0 atom stereocenters. The molecule has 0 aliphatic heterocycles. The Morgan fingerprint density at radius 1 is 1.44 bits per heavy atom. The second kappa shape index (κ2) is 4.36. The second-order valence-electron chi connectivity index (χ2n) is 3.30. The van der Waals surface area contributed by atoms with Gasteiger partial charge >= 0.3 is 5.97 Å². The first kappa shape index (κ1) is 10.7. The van der Waals surface area contributed by atoms with Crippen LogP contribution in [0.5, 0.6) is 0 Å². The van der Waals surface area contributed by atoms with E-state index in [1.165, 1.54) is 11.3 Å². The van der Waals surface area contributed by atoms with Gasteiger partial charge in [0.05, 0.1) is 12.1 Å². The van der Waals surface area contributed by atoms with Crippen LogP contribution in [0, 0.1) is 6.92 Å². The molecular formula is C10H9N3O2S. The van der Waals surface area contributed by atoms with Crippen LogP contribution in [-0.2, 0) is 11.2 Å². The van der Waals surface area contributed by atoms with E-state index in [0.717, 1.165) is 5.56 Å². The summed E-state index contributed by atoms with van der Waals surface area (Å²) in [5.74, 6) is -0.353. The van der Waals surface area contributed by atoms with Crippen molar-refractivity contribution in [2.45, 2.75) is 13.3 Å².